The Kier molecular flexibility index (Phi) is 12.0. The van der Waals surface area contributed by atoms with Crippen molar-refractivity contribution in [1.82, 2.24) is 9.73 Å². The number of benzene rings is 2. The highest BCUT2D eigenvalue weighted by Gasteiger charge is 2.26. The topological polar surface area (TPSA) is 100 Å². The normalized spacial score (nSPS) is 15.1. The number of hydrogen-bond donors (Lipinski definition) is 3. The summed E-state index contributed by atoms with van der Waals surface area (Å²) in [6.45, 7) is 9.00. The van der Waals surface area contributed by atoms with Crippen molar-refractivity contribution in [3.8, 4) is 0 Å². The fraction of sp³-hybridized carbons (Fsp3) is 0.440. The van der Waals surface area contributed by atoms with Gasteiger partial charge in [0.25, 0.3) is 0 Å². The third kappa shape index (κ3) is 9.17. The highest BCUT2D eigenvalue weighted by Crippen LogP contribution is 2.22. The minimum absolute atomic E-state index is 0.142. The van der Waals surface area contributed by atoms with E-state index in [1.54, 1.807) is 11.9 Å². The van der Waals surface area contributed by atoms with Gasteiger partial charge >= 0.3 is 0 Å². The first-order chi connectivity index (χ1) is 16.0. The van der Waals surface area contributed by atoms with Gasteiger partial charge in [-0.1, -0.05) is 35.9 Å². The van der Waals surface area contributed by atoms with E-state index in [2.05, 4.69) is 16.7 Å². The molecule has 33 heavy (non-hydrogen) atoms. The maximum absolute atomic E-state index is 11.2. The first-order valence-corrected chi connectivity index (χ1v) is 12.1. The Morgan fingerprint density at radius 3 is 2.67 bits per heavy atom. The summed E-state index contributed by atoms with van der Waals surface area (Å²) in [5.41, 5.74) is 10.8. The van der Waals surface area contributed by atoms with Gasteiger partial charge < -0.3 is 20.4 Å². The number of rotatable bonds is 11. The first-order valence-electron chi connectivity index (χ1n) is 11.3. The van der Waals surface area contributed by atoms with Crippen LogP contribution in [0.2, 0.25) is 0 Å². The van der Waals surface area contributed by atoms with Gasteiger partial charge in [-0.15, -0.1) is 0 Å². The SMILES string of the molecule is CCOCNSc1cc(N)ccc1C.Cc1ccc(C2=NN(CCCCO)CC2C=O)cc1. The summed E-state index contributed by atoms with van der Waals surface area (Å²) in [5, 5.41) is 15.3. The molecule has 0 saturated carbocycles. The number of nitrogen functional groups attached to an aromatic ring is 1. The van der Waals surface area contributed by atoms with E-state index in [0.29, 0.717) is 13.3 Å². The highest BCUT2D eigenvalue weighted by molar-refractivity contribution is 7.97. The fourth-order valence-corrected chi connectivity index (χ4v) is 3.93. The van der Waals surface area contributed by atoms with Crippen molar-refractivity contribution in [3.05, 3.63) is 59.2 Å². The number of nitrogens with one attached hydrogen (secondary N) is 1. The lowest BCUT2D eigenvalue weighted by molar-refractivity contribution is -0.109. The lowest BCUT2D eigenvalue weighted by atomic mass is 9.98. The van der Waals surface area contributed by atoms with E-state index in [0.717, 1.165) is 54.1 Å². The zero-order chi connectivity index (χ0) is 24.1. The van der Waals surface area contributed by atoms with Crippen LogP contribution in [0.15, 0.2) is 52.5 Å². The van der Waals surface area contributed by atoms with Gasteiger partial charge in [-0.05, 0) is 68.8 Å². The molecule has 0 aliphatic carbocycles. The molecule has 0 radical (unpaired) electrons. The van der Waals surface area contributed by atoms with Gasteiger partial charge in [0.2, 0.25) is 0 Å². The van der Waals surface area contributed by atoms with E-state index in [1.165, 1.54) is 11.1 Å². The molecule has 0 spiro atoms. The molecule has 3 rings (SSSR count). The van der Waals surface area contributed by atoms with Crippen LogP contribution in [0.25, 0.3) is 0 Å². The number of nitrogens with zero attached hydrogens (tertiary/aromatic N) is 2. The summed E-state index contributed by atoms with van der Waals surface area (Å²) in [7, 11) is 0. The van der Waals surface area contributed by atoms with Crippen molar-refractivity contribution in [3.63, 3.8) is 0 Å². The summed E-state index contributed by atoms with van der Waals surface area (Å²) < 4.78 is 8.27. The summed E-state index contributed by atoms with van der Waals surface area (Å²) in [6.07, 6.45) is 2.65. The Morgan fingerprint density at radius 2 is 2.00 bits per heavy atom. The van der Waals surface area contributed by atoms with Crippen LogP contribution in [0.4, 0.5) is 5.69 Å². The van der Waals surface area contributed by atoms with Crippen molar-refractivity contribution in [1.29, 1.82) is 0 Å². The molecule has 1 aliphatic heterocycles. The van der Waals surface area contributed by atoms with Crippen LogP contribution in [0, 0.1) is 19.8 Å². The number of carbonyl (C=O) groups excluding carboxylic acids is 1. The van der Waals surface area contributed by atoms with Gasteiger partial charge in [0, 0.05) is 30.3 Å². The number of hydrazone groups is 1. The smallest absolute Gasteiger partial charge is 0.130 e. The fourth-order valence-electron chi connectivity index (χ4n) is 3.21. The van der Waals surface area contributed by atoms with E-state index in [4.69, 9.17) is 15.6 Å². The van der Waals surface area contributed by atoms with E-state index in [1.807, 2.05) is 61.3 Å². The third-order valence-corrected chi connectivity index (χ3v) is 6.03. The second-order valence-electron chi connectivity index (χ2n) is 7.85. The molecule has 7 nitrogen and oxygen atoms in total. The average molecular weight is 473 g/mol. The van der Waals surface area contributed by atoms with E-state index in [-0.39, 0.29) is 12.5 Å². The summed E-state index contributed by atoms with van der Waals surface area (Å²) >= 11 is 1.55. The second-order valence-corrected chi connectivity index (χ2v) is 8.78. The number of unbranched alkanes of at least 4 members (excludes halogenated alkanes) is 1. The second kappa shape index (κ2) is 14.7. The molecular formula is C25H36N4O3S. The van der Waals surface area contributed by atoms with Gasteiger partial charge in [-0.3, -0.25) is 5.01 Å². The maximum atomic E-state index is 11.2. The highest BCUT2D eigenvalue weighted by atomic mass is 32.2. The number of aliphatic hydroxyl groups is 1. The number of aliphatic hydroxyl groups excluding tert-OH is 1. The molecule has 0 saturated heterocycles. The van der Waals surface area contributed by atoms with Gasteiger partial charge in [0.05, 0.1) is 18.2 Å². The number of aldehydes is 1. The molecule has 2 aromatic carbocycles. The molecule has 1 aliphatic rings. The van der Waals surface area contributed by atoms with Crippen LogP contribution < -0.4 is 10.5 Å². The lowest BCUT2D eigenvalue weighted by Crippen LogP contribution is -2.22. The van der Waals surface area contributed by atoms with E-state index in [9.17, 15) is 4.79 Å². The molecule has 1 heterocycles. The number of nitrogens with two attached hydrogens (primary N) is 1. The van der Waals surface area contributed by atoms with Crippen molar-refractivity contribution in [2.75, 3.05) is 38.8 Å². The number of ether oxygens (including phenoxy) is 1. The number of aryl methyl sites for hydroxylation is 2. The van der Waals surface area contributed by atoms with Crippen molar-refractivity contribution >= 4 is 29.6 Å². The van der Waals surface area contributed by atoms with Crippen molar-refractivity contribution < 1.29 is 14.6 Å². The molecule has 4 N–H and O–H groups in total. The molecule has 1 atom stereocenters. The predicted octanol–water partition coefficient (Wildman–Crippen LogP) is 3.77. The van der Waals surface area contributed by atoms with Gasteiger partial charge in [-0.25, -0.2) is 4.72 Å². The Bertz CT molecular complexity index is 890. The monoisotopic (exact) mass is 472 g/mol. The summed E-state index contributed by atoms with van der Waals surface area (Å²) in [6, 6.07) is 14.0. The standard InChI is InChI=1S/C15H20N2O2.C10H16N2OS/c1-12-4-6-13(7-5-12)15-14(11-19)10-17(16-15)8-2-3-9-18;1-3-13-7-12-14-10-6-9(11)5-4-8(10)2/h4-7,11,14,18H,2-3,8-10H2,1H3;4-6,12H,3,7,11H2,1-2H3. The van der Waals surface area contributed by atoms with Gasteiger partial charge in [0.15, 0.2) is 0 Å². The number of carbonyl (C=O) groups is 1. The molecular weight excluding hydrogens is 436 g/mol. The van der Waals surface area contributed by atoms with Crippen LogP contribution in [-0.4, -0.2) is 55.1 Å². The summed E-state index contributed by atoms with van der Waals surface area (Å²) in [5.74, 6) is -0.142. The molecule has 0 amide bonds. The zero-order valence-electron chi connectivity index (χ0n) is 19.8. The zero-order valence-corrected chi connectivity index (χ0v) is 20.6. The average Bonchev–Trinajstić information content (AvgIpc) is 3.23. The molecule has 2 aromatic rings. The molecule has 0 fully saturated rings. The minimum Gasteiger partial charge on any atom is -0.399 e. The van der Waals surface area contributed by atoms with Crippen LogP contribution in [0.1, 0.15) is 36.5 Å². The van der Waals surface area contributed by atoms with Crippen LogP contribution in [0.3, 0.4) is 0 Å². The van der Waals surface area contributed by atoms with Crippen molar-refractivity contribution in [2.45, 2.75) is 38.5 Å². The molecule has 1 unspecified atom stereocenters. The Balaban J connectivity index is 0.000000245. The minimum atomic E-state index is -0.142. The maximum Gasteiger partial charge on any atom is 0.130 e. The quantitative estimate of drug-likeness (QED) is 0.150. The van der Waals surface area contributed by atoms with Gasteiger partial charge in [-0.2, -0.15) is 5.10 Å². The van der Waals surface area contributed by atoms with Gasteiger partial charge in [0.1, 0.15) is 13.0 Å². The Hall–Kier alpha value is -2.39. The number of anilines is 1. The Morgan fingerprint density at radius 1 is 1.24 bits per heavy atom. The summed E-state index contributed by atoms with van der Waals surface area (Å²) in [4.78, 5) is 12.3. The molecule has 180 valence electrons. The van der Waals surface area contributed by atoms with Crippen molar-refractivity contribution in [2.24, 2.45) is 11.0 Å². The predicted molar refractivity (Wildman–Crippen MR) is 136 cm³/mol. The third-order valence-electron chi connectivity index (χ3n) is 5.10. The van der Waals surface area contributed by atoms with E-state index >= 15 is 0 Å². The molecule has 8 heteroatoms. The number of hydrogen-bond acceptors (Lipinski definition) is 8. The van der Waals surface area contributed by atoms with Crippen LogP contribution in [-0.2, 0) is 9.53 Å². The largest absolute Gasteiger partial charge is 0.399 e. The van der Waals surface area contributed by atoms with E-state index < -0.39 is 0 Å². The first kappa shape index (κ1) is 26.9. The molecule has 0 bridgehead atoms. The van der Waals surface area contributed by atoms with Crippen LogP contribution >= 0.6 is 11.9 Å². The van der Waals surface area contributed by atoms with Crippen LogP contribution in [0.5, 0.6) is 0 Å². The molecule has 0 aromatic heterocycles. The Labute approximate surface area is 201 Å². The lowest BCUT2D eigenvalue weighted by Gasteiger charge is -2.13.